The first-order valence-corrected chi connectivity index (χ1v) is 5.95. The third kappa shape index (κ3) is 6.94. The zero-order valence-corrected chi connectivity index (χ0v) is 12.1. The highest BCUT2D eigenvalue weighted by atomic mass is 14.9. The van der Waals surface area contributed by atoms with Crippen LogP contribution in [-0.2, 0) is 0 Å². The van der Waals surface area contributed by atoms with Crippen LogP contribution in [0.25, 0.3) is 0 Å². The Labute approximate surface area is 116 Å². The normalized spacial score (nSPS) is 13.0. The maximum Gasteiger partial charge on any atom is 0.120 e. The van der Waals surface area contributed by atoms with E-state index in [1.165, 1.54) is 0 Å². The second kappa shape index (κ2) is 8.81. The van der Waals surface area contributed by atoms with Crippen LogP contribution >= 0.6 is 0 Å². The van der Waals surface area contributed by atoms with Gasteiger partial charge in [-0.2, -0.15) is 0 Å². The molecule has 0 radical (unpaired) electrons. The summed E-state index contributed by atoms with van der Waals surface area (Å²) in [6.07, 6.45) is 9.12. The highest BCUT2D eigenvalue weighted by Crippen LogP contribution is 2.10. The standard InChI is InChI=1S/C17H22N2/c1-8-9-10-13(2)14(3)11-12-15(4)16(5)19-17(6)18-7/h8-12H,1-4H2,5-7H3/b10-9-,12-11-,18-17?,19-16?. The van der Waals surface area contributed by atoms with Gasteiger partial charge in [-0.15, -0.1) is 0 Å². The molecule has 0 aliphatic rings. The Balaban J connectivity index is 4.73. The van der Waals surface area contributed by atoms with E-state index in [-0.39, 0.29) is 0 Å². The van der Waals surface area contributed by atoms with Gasteiger partial charge in [0.05, 0.1) is 0 Å². The van der Waals surface area contributed by atoms with Crippen molar-refractivity contribution in [1.29, 1.82) is 0 Å². The summed E-state index contributed by atoms with van der Waals surface area (Å²) in [5, 5.41) is 0. The molecule has 0 aliphatic carbocycles. The summed E-state index contributed by atoms with van der Waals surface area (Å²) >= 11 is 0. The van der Waals surface area contributed by atoms with Crippen molar-refractivity contribution in [3.8, 4) is 0 Å². The van der Waals surface area contributed by atoms with E-state index in [9.17, 15) is 0 Å². The molecule has 0 rings (SSSR count). The van der Waals surface area contributed by atoms with Crippen molar-refractivity contribution in [1.82, 2.24) is 0 Å². The minimum absolute atomic E-state index is 0.726. The van der Waals surface area contributed by atoms with Gasteiger partial charge >= 0.3 is 0 Å². The second-order valence-corrected chi connectivity index (χ2v) is 3.97. The van der Waals surface area contributed by atoms with Crippen LogP contribution in [-0.4, -0.2) is 18.6 Å². The molecular formula is C17H22N2. The van der Waals surface area contributed by atoms with Crippen molar-refractivity contribution < 1.29 is 0 Å². The molecule has 0 aromatic carbocycles. The van der Waals surface area contributed by atoms with E-state index in [1.54, 1.807) is 13.1 Å². The fourth-order valence-corrected chi connectivity index (χ4v) is 1.08. The molecule has 19 heavy (non-hydrogen) atoms. The molecule has 0 saturated carbocycles. The van der Waals surface area contributed by atoms with Gasteiger partial charge in [-0.1, -0.05) is 56.7 Å². The van der Waals surface area contributed by atoms with E-state index >= 15 is 0 Å². The lowest BCUT2D eigenvalue weighted by molar-refractivity contribution is 1.37. The maximum absolute atomic E-state index is 4.30. The van der Waals surface area contributed by atoms with Crippen molar-refractivity contribution in [2.75, 3.05) is 7.05 Å². The minimum atomic E-state index is 0.726. The monoisotopic (exact) mass is 254 g/mol. The Morgan fingerprint density at radius 2 is 1.42 bits per heavy atom. The first-order valence-electron chi connectivity index (χ1n) is 5.95. The third-order valence-corrected chi connectivity index (χ3v) is 2.45. The lowest BCUT2D eigenvalue weighted by Gasteiger charge is -2.01. The molecule has 100 valence electrons. The minimum Gasteiger partial charge on any atom is -0.274 e. The van der Waals surface area contributed by atoms with Crippen LogP contribution in [0.15, 0.2) is 83.4 Å². The molecular weight excluding hydrogens is 232 g/mol. The fourth-order valence-electron chi connectivity index (χ4n) is 1.08. The number of allylic oxidation sites excluding steroid dienone is 8. The highest BCUT2D eigenvalue weighted by Gasteiger charge is 1.96. The van der Waals surface area contributed by atoms with Crippen molar-refractivity contribution in [2.45, 2.75) is 13.8 Å². The predicted octanol–water partition coefficient (Wildman–Crippen LogP) is 4.46. The second-order valence-electron chi connectivity index (χ2n) is 3.97. The molecule has 2 nitrogen and oxygen atoms in total. The van der Waals surface area contributed by atoms with Crippen LogP contribution in [0.2, 0.25) is 0 Å². The number of amidine groups is 1. The number of hydrogen-bond acceptors (Lipinski definition) is 1. The Kier molecular flexibility index (Phi) is 7.78. The lowest BCUT2D eigenvalue weighted by Crippen LogP contribution is -1.98. The van der Waals surface area contributed by atoms with Gasteiger partial charge in [0.15, 0.2) is 0 Å². The average Bonchev–Trinajstić information content (AvgIpc) is 2.40. The maximum atomic E-state index is 4.30. The Hall–Kier alpha value is -2.22. The van der Waals surface area contributed by atoms with Gasteiger partial charge < -0.3 is 0 Å². The van der Waals surface area contributed by atoms with Crippen LogP contribution in [0.3, 0.4) is 0 Å². The molecule has 0 atom stereocenters. The summed E-state index contributed by atoms with van der Waals surface area (Å²) in [7, 11) is 1.71. The molecule has 0 spiro atoms. The van der Waals surface area contributed by atoms with Gasteiger partial charge in [-0.3, -0.25) is 4.99 Å². The molecule has 2 heteroatoms. The molecule has 0 aromatic heterocycles. The van der Waals surface area contributed by atoms with E-state index in [1.807, 2.05) is 38.2 Å². The SMILES string of the molecule is C=C/C=C\C(=C)C(=C)/C=C\C(=C)C(C)=NC(C)=NC. The summed E-state index contributed by atoms with van der Waals surface area (Å²) in [5.74, 6) is 0.726. The van der Waals surface area contributed by atoms with Gasteiger partial charge in [-0.25, -0.2) is 4.99 Å². The van der Waals surface area contributed by atoms with E-state index < -0.39 is 0 Å². The van der Waals surface area contributed by atoms with Crippen LogP contribution in [0.5, 0.6) is 0 Å². The predicted molar refractivity (Wildman–Crippen MR) is 88.0 cm³/mol. The van der Waals surface area contributed by atoms with Gasteiger partial charge in [0.25, 0.3) is 0 Å². The highest BCUT2D eigenvalue weighted by molar-refractivity contribution is 6.06. The smallest absolute Gasteiger partial charge is 0.120 e. The first-order chi connectivity index (χ1) is 8.92. The molecule has 0 unspecified atom stereocenters. The van der Waals surface area contributed by atoms with Crippen LogP contribution < -0.4 is 0 Å². The summed E-state index contributed by atoms with van der Waals surface area (Å²) in [6, 6.07) is 0. The van der Waals surface area contributed by atoms with Crippen molar-refractivity contribution >= 4 is 11.5 Å². The number of rotatable bonds is 6. The zero-order chi connectivity index (χ0) is 14.8. The Bertz CT molecular complexity index is 497. The van der Waals surface area contributed by atoms with Crippen LogP contribution in [0, 0.1) is 0 Å². The first kappa shape index (κ1) is 16.8. The number of nitrogens with zero attached hydrogens (tertiary/aromatic N) is 2. The molecule has 0 heterocycles. The Morgan fingerprint density at radius 3 is 1.95 bits per heavy atom. The average molecular weight is 254 g/mol. The molecule has 0 saturated heterocycles. The molecule has 0 N–H and O–H groups in total. The summed E-state index contributed by atoms with van der Waals surface area (Å²) in [6.45, 7) is 19.2. The Morgan fingerprint density at radius 1 is 0.895 bits per heavy atom. The molecule has 0 fully saturated rings. The van der Waals surface area contributed by atoms with E-state index in [2.05, 4.69) is 36.3 Å². The number of hydrogen-bond donors (Lipinski definition) is 0. The van der Waals surface area contributed by atoms with E-state index in [4.69, 9.17) is 0 Å². The summed E-state index contributed by atoms with van der Waals surface area (Å²) in [4.78, 5) is 8.29. The topological polar surface area (TPSA) is 24.7 Å². The molecule has 0 aliphatic heterocycles. The summed E-state index contributed by atoms with van der Waals surface area (Å²) in [5.41, 5.74) is 3.32. The third-order valence-electron chi connectivity index (χ3n) is 2.45. The molecule has 0 aromatic rings. The fraction of sp³-hybridized carbons (Fsp3) is 0.176. The zero-order valence-electron chi connectivity index (χ0n) is 12.1. The number of aliphatic imine (C=N–C) groups is 2. The van der Waals surface area contributed by atoms with Gasteiger partial charge in [0, 0.05) is 12.8 Å². The van der Waals surface area contributed by atoms with Crippen LogP contribution in [0.4, 0.5) is 0 Å². The summed E-state index contributed by atoms with van der Waals surface area (Å²) < 4.78 is 0. The molecule has 0 amide bonds. The van der Waals surface area contributed by atoms with Crippen LogP contribution in [0.1, 0.15) is 13.8 Å². The largest absolute Gasteiger partial charge is 0.274 e. The van der Waals surface area contributed by atoms with Gasteiger partial charge in [0.2, 0.25) is 0 Å². The van der Waals surface area contributed by atoms with Crippen molar-refractivity contribution in [3.05, 3.63) is 73.4 Å². The quantitative estimate of drug-likeness (QED) is 0.380. The van der Waals surface area contributed by atoms with Crippen molar-refractivity contribution in [2.24, 2.45) is 9.98 Å². The van der Waals surface area contributed by atoms with E-state index in [0.29, 0.717) is 0 Å². The molecule has 0 bridgehead atoms. The van der Waals surface area contributed by atoms with Gasteiger partial charge in [-0.05, 0) is 30.6 Å². The van der Waals surface area contributed by atoms with Gasteiger partial charge in [0.1, 0.15) is 5.84 Å². The van der Waals surface area contributed by atoms with E-state index in [0.717, 1.165) is 28.3 Å². The van der Waals surface area contributed by atoms with Crippen molar-refractivity contribution in [3.63, 3.8) is 0 Å². The lowest BCUT2D eigenvalue weighted by atomic mass is 10.1.